The minimum absolute atomic E-state index is 0.0520. The lowest BCUT2D eigenvalue weighted by atomic mass is 9.83. The topological polar surface area (TPSA) is 72.8 Å². The van der Waals surface area contributed by atoms with Crippen molar-refractivity contribution in [3.8, 4) is 22.6 Å². The van der Waals surface area contributed by atoms with Crippen LogP contribution in [-0.4, -0.2) is 17.2 Å². The van der Waals surface area contributed by atoms with Gasteiger partial charge in [0.1, 0.15) is 11.5 Å². The van der Waals surface area contributed by atoms with Crippen LogP contribution >= 0.6 is 11.6 Å². The Labute approximate surface area is 186 Å². The first-order valence-electron chi connectivity index (χ1n) is 9.69. The molecule has 0 aliphatic heterocycles. The number of benzene rings is 3. The van der Waals surface area contributed by atoms with Crippen molar-refractivity contribution in [3.63, 3.8) is 0 Å². The zero-order valence-corrected chi connectivity index (χ0v) is 18.5. The number of rotatable bonds is 4. The van der Waals surface area contributed by atoms with Gasteiger partial charge in [0.05, 0.1) is 5.56 Å². The molecule has 0 atom stereocenters. The van der Waals surface area contributed by atoms with Crippen molar-refractivity contribution in [2.45, 2.75) is 33.1 Å². The number of hydrogen-bond donors (Lipinski definition) is 1. The predicted octanol–water partition coefficient (Wildman–Crippen LogP) is 6.89. The van der Waals surface area contributed by atoms with Crippen LogP contribution in [0.15, 0.2) is 60.7 Å². The van der Waals surface area contributed by atoms with Gasteiger partial charge in [-0.15, -0.1) is 0 Å². The highest BCUT2D eigenvalue weighted by Crippen LogP contribution is 2.40. The molecule has 0 amide bonds. The first-order chi connectivity index (χ1) is 14.6. The summed E-state index contributed by atoms with van der Waals surface area (Å²) < 4.78 is 10.8. The number of carboxylic acids is 1. The van der Waals surface area contributed by atoms with Gasteiger partial charge in [-0.1, -0.05) is 56.6 Å². The van der Waals surface area contributed by atoms with E-state index in [0.717, 1.165) is 5.56 Å². The maximum Gasteiger partial charge on any atom is 0.519 e. The Hall–Kier alpha value is -3.31. The van der Waals surface area contributed by atoms with Gasteiger partial charge in [0.15, 0.2) is 0 Å². The first kappa shape index (κ1) is 22.4. The highest BCUT2D eigenvalue weighted by molar-refractivity contribution is 6.31. The molecule has 5 nitrogen and oxygen atoms in total. The van der Waals surface area contributed by atoms with Gasteiger partial charge in [-0.05, 0) is 59.9 Å². The molecule has 0 unspecified atom stereocenters. The van der Waals surface area contributed by atoms with E-state index in [9.17, 15) is 14.7 Å². The van der Waals surface area contributed by atoms with Crippen LogP contribution in [0.1, 0.15) is 42.3 Å². The number of para-hydroxylation sites is 1. The Balaban J connectivity index is 2.15. The molecule has 0 spiro atoms. The molecular weight excluding hydrogens is 416 g/mol. The fourth-order valence-electron chi connectivity index (χ4n) is 3.16. The molecule has 0 aromatic heterocycles. The third-order valence-electron chi connectivity index (χ3n) is 4.77. The van der Waals surface area contributed by atoms with Gasteiger partial charge < -0.3 is 14.6 Å². The van der Waals surface area contributed by atoms with Gasteiger partial charge in [0.2, 0.25) is 0 Å². The number of carboxylic acid groups (broad SMARTS) is 1. The largest absolute Gasteiger partial charge is 0.519 e. The van der Waals surface area contributed by atoms with Crippen LogP contribution in [0.4, 0.5) is 4.79 Å². The molecule has 0 fully saturated rings. The second kappa shape index (κ2) is 8.82. The van der Waals surface area contributed by atoms with Gasteiger partial charge in [-0.25, -0.2) is 9.59 Å². The van der Waals surface area contributed by atoms with Crippen molar-refractivity contribution < 1.29 is 24.2 Å². The van der Waals surface area contributed by atoms with Crippen LogP contribution in [0.25, 0.3) is 11.1 Å². The minimum Gasteiger partial charge on any atom is -0.478 e. The molecule has 1 N–H and O–H groups in total. The Kier molecular flexibility index (Phi) is 6.37. The molecule has 0 heterocycles. The Morgan fingerprint density at radius 2 is 1.58 bits per heavy atom. The molecule has 6 heteroatoms. The summed E-state index contributed by atoms with van der Waals surface area (Å²) in [6.45, 7) is 7.94. The van der Waals surface area contributed by atoms with Crippen LogP contribution < -0.4 is 9.47 Å². The van der Waals surface area contributed by atoms with Gasteiger partial charge in [0, 0.05) is 16.1 Å². The van der Waals surface area contributed by atoms with E-state index >= 15 is 0 Å². The van der Waals surface area contributed by atoms with E-state index in [0.29, 0.717) is 27.5 Å². The van der Waals surface area contributed by atoms with E-state index in [2.05, 4.69) is 0 Å². The predicted molar refractivity (Wildman–Crippen MR) is 120 cm³/mol. The molecule has 0 saturated heterocycles. The van der Waals surface area contributed by atoms with E-state index in [1.807, 2.05) is 32.9 Å². The number of carbonyl (C=O) groups is 2. The highest BCUT2D eigenvalue weighted by atomic mass is 35.5. The van der Waals surface area contributed by atoms with Gasteiger partial charge in [0.25, 0.3) is 0 Å². The van der Waals surface area contributed by atoms with Crippen LogP contribution in [-0.2, 0) is 5.41 Å². The number of aromatic carboxylic acids is 1. The monoisotopic (exact) mass is 438 g/mol. The van der Waals surface area contributed by atoms with Crippen molar-refractivity contribution in [2.75, 3.05) is 0 Å². The highest BCUT2D eigenvalue weighted by Gasteiger charge is 2.24. The standard InChI is InChI=1S/C25H23ClO5/c1-15-12-16(25(2,3)4)13-21(20-14-17(26)10-11-19(20)23(27)28)22(15)31-24(29)30-18-8-6-5-7-9-18/h5-14H,1-4H3,(H,27,28). The van der Waals surface area contributed by atoms with Crippen molar-refractivity contribution in [1.82, 2.24) is 0 Å². The maximum absolute atomic E-state index is 12.5. The van der Waals surface area contributed by atoms with Crippen LogP contribution in [0.5, 0.6) is 11.5 Å². The number of hydrogen-bond acceptors (Lipinski definition) is 4. The summed E-state index contributed by atoms with van der Waals surface area (Å²) in [5.74, 6) is -0.547. The third-order valence-corrected chi connectivity index (χ3v) is 5.01. The number of carbonyl (C=O) groups excluding carboxylic acids is 1. The van der Waals surface area contributed by atoms with Crippen molar-refractivity contribution >= 4 is 23.7 Å². The normalized spacial score (nSPS) is 11.1. The van der Waals surface area contributed by atoms with E-state index < -0.39 is 12.1 Å². The minimum atomic E-state index is -1.11. The number of aryl methyl sites for hydroxylation is 1. The second-order valence-corrected chi connectivity index (χ2v) is 8.62. The van der Waals surface area contributed by atoms with Crippen molar-refractivity contribution in [3.05, 3.63) is 82.4 Å². The number of halogens is 1. The first-order valence-corrected chi connectivity index (χ1v) is 10.1. The van der Waals surface area contributed by atoms with E-state index in [4.69, 9.17) is 21.1 Å². The lowest BCUT2D eigenvalue weighted by molar-refractivity contribution is 0.0697. The van der Waals surface area contributed by atoms with Crippen molar-refractivity contribution in [2.24, 2.45) is 0 Å². The molecule has 0 aliphatic carbocycles. The van der Waals surface area contributed by atoms with Crippen molar-refractivity contribution in [1.29, 1.82) is 0 Å². The fraction of sp³-hybridized carbons (Fsp3) is 0.200. The third kappa shape index (κ3) is 5.25. The molecule has 0 bridgehead atoms. The quantitative estimate of drug-likeness (QED) is 0.354. The summed E-state index contributed by atoms with van der Waals surface area (Å²) in [6.07, 6.45) is -0.919. The summed E-state index contributed by atoms with van der Waals surface area (Å²) in [7, 11) is 0. The van der Waals surface area contributed by atoms with E-state index in [1.54, 1.807) is 43.3 Å². The molecular formula is C25H23ClO5. The van der Waals surface area contributed by atoms with Crippen LogP contribution in [0.3, 0.4) is 0 Å². The smallest absolute Gasteiger partial charge is 0.478 e. The molecule has 160 valence electrons. The SMILES string of the molecule is Cc1cc(C(C)(C)C)cc(-c2cc(Cl)ccc2C(=O)O)c1OC(=O)Oc1ccccc1. The fourth-order valence-corrected chi connectivity index (χ4v) is 3.33. The lowest BCUT2D eigenvalue weighted by Gasteiger charge is -2.23. The Morgan fingerprint density at radius 1 is 0.903 bits per heavy atom. The summed E-state index contributed by atoms with van der Waals surface area (Å²) in [5.41, 5.74) is 2.27. The van der Waals surface area contributed by atoms with Gasteiger partial charge in [-0.2, -0.15) is 0 Å². The van der Waals surface area contributed by atoms with E-state index in [-0.39, 0.29) is 16.7 Å². The van der Waals surface area contributed by atoms with E-state index in [1.165, 1.54) is 12.1 Å². The average molecular weight is 439 g/mol. The second-order valence-electron chi connectivity index (χ2n) is 8.18. The molecule has 31 heavy (non-hydrogen) atoms. The lowest BCUT2D eigenvalue weighted by Crippen LogP contribution is -2.17. The summed E-state index contributed by atoms with van der Waals surface area (Å²) in [6, 6.07) is 16.8. The summed E-state index contributed by atoms with van der Waals surface area (Å²) >= 11 is 6.18. The molecule has 3 aromatic carbocycles. The van der Waals surface area contributed by atoms with Gasteiger partial charge >= 0.3 is 12.1 Å². The zero-order chi connectivity index (χ0) is 22.8. The Bertz CT molecular complexity index is 1130. The Morgan fingerprint density at radius 3 is 2.19 bits per heavy atom. The molecule has 3 rings (SSSR count). The molecule has 0 radical (unpaired) electrons. The molecule has 3 aromatic rings. The zero-order valence-electron chi connectivity index (χ0n) is 17.7. The van der Waals surface area contributed by atoms with Gasteiger partial charge in [-0.3, -0.25) is 0 Å². The maximum atomic E-state index is 12.5. The average Bonchev–Trinajstić information content (AvgIpc) is 2.69. The molecule has 0 aliphatic rings. The number of ether oxygens (including phenoxy) is 2. The molecule has 0 saturated carbocycles. The summed E-state index contributed by atoms with van der Waals surface area (Å²) in [4.78, 5) is 24.4. The summed E-state index contributed by atoms with van der Waals surface area (Å²) in [5, 5.41) is 10.1. The van der Waals surface area contributed by atoms with Crippen LogP contribution in [0.2, 0.25) is 5.02 Å². The van der Waals surface area contributed by atoms with Crippen LogP contribution in [0, 0.1) is 6.92 Å².